The fourth-order valence-electron chi connectivity index (χ4n) is 4.31. The van der Waals surface area contributed by atoms with E-state index in [0.29, 0.717) is 27.1 Å². The Balaban J connectivity index is 1.49. The van der Waals surface area contributed by atoms with Crippen LogP contribution in [0.3, 0.4) is 0 Å². The maximum atomic E-state index is 13.1. The zero-order valence-corrected chi connectivity index (χ0v) is 25.7. The number of carboxylic acid groups (broad SMARTS) is 1. The van der Waals surface area contributed by atoms with E-state index in [0.717, 1.165) is 29.7 Å². The number of nitriles is 1. The van der Waals surface area contributed by atoms with Crippen molar-refractivity contribution >= 4 is 98.0 Å². The lowest BCUT2D eigenvalue weighted by molar-refractivity contribution is -0.115. The van der Waals surface area contributed by atoms with Crippen LogP contribution in [0, 0.1) is 17.2 Å². The quantitative estimate of drug-likeness (QED) is 0.133. The standard InChI is InChI=1S/C27H21Cl4N3O4S2/c1-11-6-7-15-16(10-32)26(40-17(15)8-11)34-24(35)12(2)39-14-5-3-4-13(9-14)33-25(36)18-19(27(37)38)21(29)23(31)22(30)20(18)28/h3-5,9,11-12H,6-8H2,1-2H3,(H,33,36)(H,34,35)(H,37,38). The third-order valence-corrected chi connectivity index (χ3v) is 10.4. The molecule has 0 fully saturated rings. The lowest BCUT2D eigenvalue weighted by Crippen LogP contribution is -2.22. The van der Waals surface area contributed by atoms with Gasteiger partial charge >= 0.3 is 5.97 Å². The second-order valence-corrected chi connectivity index (χ2v) is 13.2. The predicted molar refractivity (Wildman–Crippen MR) is 162 cm³/mol. The molecular formula is C27H21Cl4N3O4S2. The number of aromatic carboxylic acids is 1. The van der Waals surface area contributed by atoms with Crippen molar-refractivity contribution in [1.29, 1.82) is 5.26 Å². The summed E-state index contributed by atoms with van der Waals surface area (Å²) in [5.74, 6) is -2.06. The molecular weight excluding hydrogens is 636 g/mol. The first kappa shape index (κ1) is 30.5. The van der Waals surface area contributed by atoms with Crippen molar-refractivity contribution in [1.82, 2.24) is 0 Å². The number of nitrogens with one attached hydrogen (secondary N) is 2. The van der Waals surface area contributed by atoms with E-state index in [4.69, 9.17) is 46.4 Å². The first-order chi connectivity index (χ1) is 18.9. The molecule has 0 saturated heterocycles. The lowest BCUT2D eigenvalue weighted by atomic mass is 9.89. The molecule has 0 bridgehead atoms. The van der Waals surface area contributed by atoms with Gasteiger partial charge in [0.05, 0.1) is 42.0 Å². The van der Waals surface area contributed by atoms with Gasteiger partial charge in [-0.25, -0.2) is 4.79 Å². The molecule has 3 aromatic rings. The summed E-state index contributed by atoms with van der Waals surface area (Å²) in [4.78, 5) is 39.7. The molecule has 1 aromatic heterocycles. The normalized spacial score (nSPS) is 15.1. The number of carboxylic acids is 1. The minimum absolute atomic E-state index is 0.242. The lowest BCUT2D eigenvalue weighted by Gasteiger charge is -2.17. The summed E-state index contributed by atoms with van der Waals surface area (Å²) < 4.78 is 0. The van der Waals surface area contributed by atoms with Crippen LogP contribution in [-0.2, 0) is 17.6 Å². The number of anilines is 2. The van der Waals surface area contributed by atoms with Gasteiger partial charge in [-0.15, -0.1) is 23.1 Å². The fraction of sp³-hybridized carbons (Fsp3) is 0.259. The van der Waals surface area contributed by atoms with Crippen LogP contribution in [-0.4, -0.2) is 28.1 Å². The largest absolute Gasteiger partial charge is 0.478 e. The minimum atomic E-state index is -1.50. The highest BCUT2D eigenvalue weighted by Crippen LogP contribution is 2.42. The van der Waals surface area contributed by atoms with Crippen LogP contribution in [0.5, 0.6) is 0 Å². The second kappa shape index (κ2) is 12.6. The molecule has 208 valence electrons. The maximum Gasteiger partial charge on any atom is 0.338 e. The highest BCUT2D eigenvalue weighted by Gasteiger charge is 2.29. The van der Waals surface area contributed by atoms with Gasteiger partial charge in [-0.3, -0.25) is 9.59 Å². The Morgan fingerprint density at radius 2 is 1.77 bits per heavy atom. The highest BCUT2D eigenvalue weighted by molar-refractivity contribution is 8.00. The van der Waals surface area contributed by atoms with Gasteiger partial charge < -0.3 is 15.7 Å². The molecule has 2 atom stereocenters. The summed E-state index contributed by atoms with van der Waals surface area (Å²) in [5.41, 5.74) is 0.906. The number of thioether (sulfide) groups is 1. The zero-order valence-electron chi connectivity index (χ0n) is 21.0. The van der Waals surface area contributed by atoms with Gasteiger partial charge in [0.2, 0.25) is 5.91 Å². The molecule has 2 aromatic carbocycles. The van der Waals surface area contributed by atoms with Crippen LogP contribution >= 0.6 is 69.5 Å². The van der Waals surface area contributed by atoms with Crippen molar-refractivity contribution in [2.24, 2.45) is 5.92 Å². The Bertz CT molecular complexity index is 1580. The molecule has 3 N–H and O–H groups in total. The molecule has 0 saturated carbocycles. The van der Waals surface area contributed by atoms with Crippen LogP contribution in [0.2, 0.25) is 20.1 Å². The van der Waals surface area contributed by atoms with Crippen LogP contribution in [0.25, 0.3) is 0 Å². The summed E-state index contributed by atoms with van der Waals surface area (Å²) >= 11 is 27.0. The number of hydrogen-bond donors (Lipinski definition) is 3. The third-order valence-electron chi connectivity index (χ3n) is 6.34. The minimum Gasteiger partial charge on any atom is -0.478 e. The number of carbonyl (C=O) groups is 3. The van der Waals surface area contributed by atoms with E-state index in [1.54, 1.807) is 31.2 Å². The van der Waals surface area contributed by atoms with E-state index in [2.05, 4.69) is 23.6 Å². The van der Waals surface area contributed by atoms with Crippen molar-refractivity contribution in [3.63, 3.8) is 0 Å². The molecule has 40 heavy (non-hydrogen) atoms. The molecule has 1 heterocycles. The topological polar surface area (TPSA) is 119 Å². The second-order valence-electron chi connectivity index (χ2n) is 9.21. The number of carbonyl (C=O) groups excluding carboxylic acids is 2. The Hall–Kier alpha value is -2.45. The molecule has 1 aliphatic rings. The Morgan fingerprint density at radius 3 is 2.42 bits per heavy atom. The number of fused-ring (bicyclic) bond motifs is 1. The van der Waals surface area contributed by atoms with Crippen molar-refractivity contribution in [2.75, 3.05) is 10.6 Å². The molecule has 13 heteroatoms. The van der Waals surface area contributed by atoms with Crippen LogP contribution in [0.1, 0.15) is 57.0 Å². The number of thiophene rings is 1. The molecule has 2 unspecified atom stereocenters. The summed E-state index contributed by atoms with van der Waals surface area (Å²) in [7, 11) is 0. The van der Waals surface area contributed by atoms with Gasteiger partial charge in [0.15, 0.2) is 0 Å². The summed E-state index contributed by atoms with van der Waals surface area (Å²) in [6.07, 6.45) is 2.76. The molecule has 4 rings (SSSR count). The number of amides is 2. The van der Waals surface area contributed by atoms with Crippen molar-refractivity contribution < 1.29 is 19.5 Å². The predicted octanol–water partition coefficient (Wildman–Crippen LogP) is 8.43. The molecule has 0 spiro atoms. The molecule has 7 nitrogen and oxygen atoms in total. The van der Waals surface area contributed by atoms with Crippen LogP contribution in [0.15, 0.2) is 29.2 Å². The van der Waals surface area contributed by atoms with Crippen molar-refractivity contribution in [3.05, 3.63) is 71.5 Å². The van der Waals surface area contributed by atoms with E-state index in [9.17, 15) is 24.8 Å². The number of halogens is 4. The van der Waals surface area contributed by atoms with Gasteiger partial charge in [0.1, 0.15) is 11.1 Å². The van der Waals surface area contributed by atoms with E-state index in [1.807, 2.05) is 0 Å². The molecule has 0 radical (unpaired) electrons. The van der Waals surface area contributed by atoms with Gasteiger partial charge in [-0.2, -0.15) is 5.26 Å². The first-order valence-corrected chi connectivity index (χ1v) is 15.2. The van der Waals surface area contributed by atoms with Crippen LogP contribution in [0.4, 0.5) is 10.7 Å². The Kier molecular flexibility index (Phi) is 9.61. The van der Waals surface area contributed by atoms with E-state index < -0.39 is 33.3 Å². The highest BCUT2D eigenvalue weighted by atomic mass is 35.5. The third kappa shape index (κ3) is 6.23. The smallest absolute Gasteiger partial charge is 0.338 e. The summed E-state index contributed by atoms with van der Waals surface area (Å²) in [6, 6.07) is 8.92. The summed E-state index contributed by atoms with van der Waals surface area (Å²) in [5, 5.41) is 23.6. The number of nitrogens with zero attached hydrogens (tertiary/aromatic N) is 1. The van der Waals surface area contributed by atoms with Crippen molar-refractivity contribution in [2.45, 2.75) is 43.3 Å². The number of hydrogen-bond acceptors (Lipinski definition) is 6. The van der Waals surface area contributed by atoms with Crippen LogP contribution < -0.4 is 10.6 Å². The number of rotatable bonds is 7. The van der Waals surface area contributed by atoms with E-state index >= 15 is 0 Å². The van der Waals surface area contributed by atoms with Gasteiger partial charge in [-0.05, 0) is 55.9 Å². The Morgan fingerprint density at radius 1 is 1.10 bits per heavy atom. The fourth-order valence-corrected chi connectivity index (χ4v) is 7.62. The average molecular weight is 657 g/mol. The average Bonchev–Trinajstić information content (AvgIpc) is 3.24. The molecule has 0 aliphatic heterocycles. The Labute approximate surface area is 258 Å². The van der Waals surface area contributed by atoms with Gasteiger partial charge in [0, 0.05) is 15.5 Å². The zero-order chi connectivity index (χ0) is 29.3. The molecule has 2 amide bonds. The molecule has 1 aliphatic carbocycles. The van der Waals surface area contributed by atoms with E-state index in [-0.39, 0.29) is 21.0 Å². The van der Waals surface area contributed by atoms with Crippen molar-refractivity contribution in [3.8, 4) is 6.07 Å². The van der Waals surface area contributed by atoms with E-state index in [1.165, 1.54) is 23.1 Å². The summed E-state index contributed by atoms with van der Waals surface area (Å²) in [6.45, 7) is 3.92. The monoisotopic (exact) mass is 655 g/mol. The number of benzene rings is 2. The first-order valence-electron chi connectivity index (χ1n) is 12.0. The van der Waals surface area contributed by atoms with Gasteiger partial charge in [0.25, 0.3) is 5.91 Å². The SMILES string of the molecule is CC1CCc2c(sc(NC(=O)C(C)Sc3cccc(NC(=O)c4c(Cl)c(Cl)c(Cl)c(Cl)c4C(=O)O)c3)c2C#N)C1. The van der Waals surface area contributed by atoms with Gasteiger partial charge in [-0.1, -0.05) is 59.4 Å². The maximum absolute atomic E-state index is 13.1.